The van der Waals surface area contributed by atoms with Crippen LogP contribution in [0.1, 0.15) is 213 Å². The molecule has 9 heteroatoms. The SMILES string of the molecule is CCCCCCCCC/C=C/[C@@H](O)[C@H](COP(=O)(O)OCCN)NC(=O)CCCCCCCCCCCCCCCCCCCCCCCC. The first kappa shape index (κ1) is 49.2. The standard InChI is InChI=1S/C41H83N2O6P/c1-3-5-7-9-11-13-14-15-16-17-18-19-20-21-22-23-24-25-27-29-31-33-35-41(45)43-39(38-49-50(46,47)48-37-36-42)40(44)34-32-30-28-26-12-10-8-6-4-2/h32,34,39-40,44H,3-31,33,35-38,42H2,1-2H3,(H,43,45)(H,46,47)/b34-32+/t39-,40+/m0/s1. The van der Waals surface area contributed by atoms with Crippen molar-refractivity contribution in [3.63, 3.8) is 0 Å². The van der Waals surface area contributed by atoms with Gasteiger partial charge in [0.25, 0.3) is 0 Å². The van der Waals surface area contributed by atoms with E-state index in [0.717, 1.165) is 38.5 Å². The van der Waals surface area contributed by atoms with E-state index in [9.17, 15) is 19.4 Å². The molecule has 0 rings (SSSR count). The van der Waals surface area contributed by atoms with Crippen molar-refractivity contribution >= 4 is 13.7 Å². The van der Waals surface area contributed by atoms with Crippen molar-refractivity contribution in [2.45, 2.75) is 225 Å². The number of aliphatic hydroxyl groups is 1. The fraction of sp³-hybridized carbons (Fsp3) is 0.927. The first-order valence-electron chi connectivity index (χ1n) is 21.3. The van der Waals surface area contributed by atoms with Crippen LogP contribution in [0.5, 0.6) is 0 Å². The van der Waals surface area contributed by atoms with Crippen LogP contribution >= 0.6 is 7.82 Å². The monoisotopic (exact) mass is 731 g/mol. The van der Waals surface area contributed by atoms with Crippen LogP contribution in [0.25, 0.3) is 0 Å². The Labute approximate surface area is 309 Å². The van der Waals surface area contributed by atoms with E-state index in [2.05, 4.69) is 19.2 Å². The molecule has 0 heterocycles. The molecular weight excluding hydrogens is 647 g/mol. The van der Waals surface area contributed by atoms with E-state index >= 15 is 0 Å². The number of unbranched alkanes of at least 4 members (excludes halogenated alkanes) is 28. The maximum Gasteiger partial charge on any atom is 0.472 e. The molecule has 0 saturated carbocycles. The average Bonchev–Trinajstić information content (AvgIpc) is 3.10. The van der Waals surface area contributed by atoms with E-state index in [0.29, 0.717) is 6.42 Å². The number of hydrogen-bond donors (Lipinski definition) is 4. The van der Waals surface area contributed by atoms with Gasteiger partial charge in [-0.1, -0.05) is 199 Å². The van der Waals surface area contributed by atoms with E-state index < -0.39 is 20.0 Å². The summed E-state index contributed by atoms with van der Waals surface area (Å²) < 4.78 is 22.0. The van der Waals surface area contributed by atoms with Crippen molar-refractivity contribution in [3.05, 3.63) is 12.2 Å². The molecule has 1 amide bonds. The second kappa shape index (κ2) is 38.0. The molecule has 0 saturated heterocycles. The molecule has 50 heavy (non-hydrogen) atoms. The largest absolute Gasteiger partial charge is 0.472 e. The van der Waals surface area contributed by atoms with Crippen molar-refractivity contribution < 1.29 is 28.4 Å². The summed E-state index contributed by atoms with van der Waals surface area (Å²) in [4.78, 5) is 22.6. The topological polar surface area (TPSA) is 131 Å². The third-order valence-corrected chi connectivity index (χ3v) is 10.6. The summed E-state index contributed by atoms with van der Waals surface area (Å²) in [6.45, 7) is 4.12. The molecule has 0 fully saturated rings. The Hall–Kier alpha value is -0.760. The zero-order chi connectivity index (χ0) is 36.8. The molecule has 298 valence electrons. The lowest BCUT2D eigenvalue weighted by Gasteiger charge is -2.23. The fourth-order valence-corrected chi connectivity index (χ4v) is 7.13. The Kier molecular flexibility index (Phi) is 37.4. The minimum Gasteiger partial charge on any atom is -0.387 e. The number of nitrogens with one attached hydrogen (secondary N) is 1. The second-order valence-electron chi connectivity index (χ2n) is 14.6. The molecule has 0 aliphatic carbocycles. The lowest BCUT2D eigenvalue weighted by molar-refractivity contribution is -0.123. The van der Waals surface area contributed by atoms with Gasteiger partial charge in [-0.05, 0) is 19.3 Å². The van der Waals surface area contributed by atoms with Gasteiger partial charge in [-0.15, -0.1) is 0 Å². The fourth-order valence-electron chi connectivity index (χ4n) is 6.37. The molecule has 0 aliphatic heterocycles. The summed E-state index contributed by atoms with van der Waals surface area (Å²) in [6.07, 6.45) is 41.3. The number of phosphoric acid groups is 1. The summed E-state index contributed by atoms with van der Waals surface area (Å²) in [5, 5.41) is 13.6. The van der Waals surface area contributed by atoms with Gasteiger partial charge in [0.15, 0.2) is 0 Å². The van der Waals surface area contributed by atoms with Crippen LogP contribution in [0.15, 0.2) is 12.2 Å². The van der Waals surface area contributed by atoms with Gasteiger partial charge < -0.3 is 21.1 Å². The lowest BCUT2D eigenvalue weighted by atomic mass is 10.0. The first-order valence-corrected chi connectivity index (χ1v) is 22.8. The summed E-state index contributed by atoms with van der Waals surface area (Å²) in [6, 6.07) is -0.852. The number of rotatable bonds is 40. The number of amides is 1. The van der Waals surface area contributed by atoms with E-state index in [-0.39, 0.29) is 25.7 Å². The van der Waals surface area contributed by atoms with Crippen LogP contribution in [-0.2, 0) is 18.4 Å². The Morgan fingerprint density at radius 1 is 0.640 bits per heavy atom. The molecule has 0 spiro atoms. The van der Waals surface area contributed by atoms with Gasteiger partial charge in [0, 0.05) is 13.0 Å². The Balaban J connectivity index is 4.01. The van der Waals surface area contributed by atoms with Gasteiger partial charge in [0.1, 0.15) is 0 Å². The van der Waals surface area contributed by atoms with Crippen LogP contribution in [0.4, 0.5) is 0 Å². The molecule has 5 N–H and O–H groups in total. The van der Waals surface area contributed by atoms with Gasteiger partial charge in [-0.3, -0.25) is 13.8 Å². The van der Waals surface area contributed by atoms with Gasteiger partial charge in [0.2, 0.25) is 5.91 Å². The highest BCUT2D eigenvalue weighted by molar-refractivity contribution is 7.47. The van der Waals surface area contributed by atoms with Gasteiger partial charge in [0.05, 0.1) is 25.4 Å². The highest BCUT2D eigenvalue weighted by Crippen LogP contribution is 2.43. The number of phosphoric ester groups is 1. The quantitative estimate of drug-likeness (QED) is 0.0280. The van der Waals surface area contributed by atoms with Crippen LogP contribution in [0.2, 0.25) is 0 Å². The molecule has 1 unspecified atom stereocenters. The van der Waals surface area contributed by atoms with E-state index in [1.807, 2.05) is 6.08 Å². The normalized spacial score (nSPS) is 14.3. The Bertz CT molecular complexity index is 799. The minimum absolute atomic E-state index is 0.0809. The third kappa shape index (κ3) is 35.6. The maximum absolute atomic E-state index is 12.7. The number of allylic oxidation sites excluding steroid dienone is 1. The second-order valence-corrected chi connectivity index (χ2v) is 16.0. The number of carbonyl (C=O) groups excluding carboxylic acids is 1. The van der Waals surface area contributed by atoms with Crippen LogP contribution in [-0.4, -0.2) is 47.8 Å². The molecule has 3 atom stereocenters. The van der Waals surface area contributed by atoms with Crippen molar-refractivity contribution in [3.8, 4) is 0 Å². The van der Waals surface area contributed by atoms with Crippen LogP contribution in [0.3, 0.4) is 0 Å². The molecule has 0 aromatic carbocycles. The molecule has 0 aromatic rings. The van der Waals surface area contributed by atoms with Crippen molar-refractivity contribution in [2.24, 2.45) is 5.73 Å². The van der Waals surface area contributed by atoms with Crippen LogP contribution in [0, 0.1) is 0 Å². The van der Waals surface area contributed by atoms with Crippen molar-refractivity contribution in [1.82, 2.24) is 5.32 Å². The van der Waals surface area contributed by atoms with Crippen molar-refractivity contribution in [2.75, 3.05) is 19.8 Å². The number of aliphatic hydroxyl groups excluding tert-OH is 1. The van der Waals surface area contributed by atoms with E-state index in [1.165, 1.54) is 154 Å². The number of hydrogen-bond acceptors (Lipinski definition) is 6. The molecule has 0 radical (unpaired) electrons. The number of nitrogens with two attached hydrogens (primary N) is 1. The molecular formula is C41H83N2O6P. The summed E-state index contributed by atoms with van der Waals surface area (Å²) in [5.41, 5.74) is 5.36. The third-order valence-electron chi connectivity index (χ3n) is 9.61. The van der Waals surface area contributed by atoms with E-state index in [4.69, 9.17) is 14.8 Å². The highest BCUT2D eigenvalue weighted by atomic mass is 31.2. The smallest absolute Gasteiger partial charge is 0.387 e. The predicted octanol–water partition coefficient (Wildman–Crippen LogP) is 11.6. The maximum atomic E-state index is 12.7. The van der Waals surface area contributed by atoms with Crippen LogP contribution < -0.4 is 11.1 Å². The Morgan fingerprint density at radius 3 is 1.42 bits per heavy atom. The predicted molar refractivity (Wildman–Crippen MR) is 212 cm³/mol. The summed E-state index contributed by atoms with van der Waals surface area (Å²) in [7, 11) is -4.33. The van der Waals surface area contributed by atoms with E-state index in [1.54, 1.807) is 6.08 Å². The Morgan fingerprint density at radius 2 is 1.02 bits per heavy atom. The zero-order valence-electron chi connectivity index (χ0n) is 32.9. The molecule has 0 bridgehead atoms. The molecule has 0 aliphatic rings. The zero-order valence-corrected chi connectivity index (χ0v) is 33.8. The molecule has 8 nitrogen and oxygen atoms in total. The average molecular weight is 731 g/mol. The summed E-state index contributed by atoms with van der Waals surface area (Å²) in [5.74, 6) is -0.193. The van der Waals surface area contributed by atoms with Crippen molar-refractivity contribution in [1.29, 1.82) is 0 Å². The molecule has 0 aromatic heterocycles. The summed E-state index contributed by atoms with van der Waals surface area (Å²) >= 11 is 0. The first-order chi connectivity index (χ1) is 24.4. The minimum atomic E-state index is -4.33. The van der Waals surface area contributed by atoms with Gasteiger partial charge in [-0.25, -0.2) is 4.57 Å². The number of carbonyl (C=O) groups is 1. The highest BCUT2D eigenvalue weighted by Gasteiger charge is 2.26. The van der Waals surface area contributed by atoms with Gasteiger partial charge in [-0.2, -0.15) is 0 Å². The van der Waals surface area contributed by atoms with Gasteiger partial charge >= 0.3 is 7.82 Å². The lowest BCUT2D eigenvalue weighted by Crippen LogP contribution is -2.45.